The second kappa shape index (κ2) is 10.2. The number of H-pyrrole nitrogens is 1. The van der Waals surface area contributed by atoms with E-state index in [0.29, 0.717) is 29.8 Å². The minimum absolute atomic E-state index is 0.00449. The molecule has 33 heavy (non-hydrogen) atoms. The summed E-state index contributed by atoms with van der Waals surface area (Å²) in [6, 6.07) is 15.6. The van der Waals surface area contributed by atoms with E-state index in [1.807, 2.05) is 61.7 Å². The van der Waals surface area contributed by atoms with Crippen LogP contribution in [0.5, 0.6) is 0 Å². The van der Waals surface area contributed by atoms with E-state index in [1.165, 1.54) is 0 Å². The molecule has 174 valence electrons. The maximum Gasteiger partial charge on any atom is 0.258 e. The summed E-state index contributed by atoms with van der Waals surface area (Å²) < 4.78 is 0. The van der Waals surface area contributed by atoms with Crippen LogP contribution < -0.4 is 10.2 Å². The number of rotatable bonds is 7. The molecule has 0 atom stereocenters. The quantitative estimate of drug-likeness (QED) is 0.567. The molecular formula is C27H34N4O2. The molecule has 1 aromatic heterocycles. The van der Waals surface area contributed by atoms with Crippen molar-refractivity contribution in [2.24, 2.45) is 5.92 Å². The van der Waals surface area contributed by atoms with E-state index in [0.717, 1.165) is 42.4 Å². The van der Waals surface area contributed by atoms with Crippen molar-refractivity contribution < 1.29 is 9.59 Å². The van der Waals surface area contributed by atoms with Crippen LogP contribution in [0.4, 0.5) is 5.69 Å². The molecule has 2 N–H and O–H groups in total. The summed E-state index contributed by atoms with van der Waals surface area (Å²) in [5.41, 5.74) is 3.33. The van der Waals surface area contributed by atoms with Gasteiger partial charge in [-0.3, -0.25) is 14.5 Å². The van der Waals surface area contributed by atoms with Crippen molar-refractivity contribution >= 4 is 28.4 Å². The van der Waals surface area contributed by atoms with Crippen LogP contribution in [0.15, 0.2) is 54.7 Å². The Morgan fingerprint density at radius 3 is 2.55 bits per heavy atom. The van der Waals surface area contributed by atoms with Gasteiger partial charge < -0.3 is 15.2 Å². The third kappa shape index (κ3) is 5.45. The van der Waals surface area contributed by atoms with Gasteiger partial charge in [-0.2, -0.15) is 0 Å². The Hall–Kier alpha value is -3.12. The number of carbonyl (C=O) groups is 2. The van der Waals surface area contributed by atoms with Gasteiger partial charge in [0.25, 0.3) is 5.91 Å². The molecule has 0 aliphatic carbocycles. The summed E-state index contributed by atoms with van der Waals surface area (Å²) in [6.07, 6.45) is 4.12. The molecule has 1 saturated heterocycles. The molecule has 0 unspecified atom stereocenters. The normalized spacial score (nSPS) is 15.2. The van der Waals surface area contributed by atoms with Gasteiger partial charge in [0, 0.05) is 40.9 Å². The molecule has 2 heterocycles. The topological polar surface area (TPSA) is 68.4 Å². The van der Waals surface area contributed by atoms with Crippen LogP contribution in [0.25, 0.3) is 10.9 Å². The number of anilines is 1. The maximum absolute atomic E-state index is 13.5. The summed E-state index contributed by atoms with van der Waals surface area (Å²) >= 11 is 0. The molecule has 1 fully saturated rings. The molecule has 0 radical (unpaired) electrons. The Morgan fingerprint density at radius 1 is 1.12 bits per heavy atom. The van der Waals surface area contributed by atoms with Gasteiger partial charge >= 0.3 is 0 Å². The van der Waals surface area contributed by atoms with Gasteiger partial charge in [0.05, 0.1) is 0 Å². The highest BCUT2D eigenvalue weighted by Gasteiger charge is 2.24. The van der Waals surface area contributed by atoms with Crippen molar-refractivity contribution in [3.63, 3.8) is 0 Å². The molecule has 1 aliphatic heterocycles. The Morgan fingerprint density at radius 2 is 1.85 bits per heavy atom. The zero-order valence-corrected chi connectivity index (χ0v) is 19.8. The predicted molar refractivity (Wildman–Crippen MR) is 134 cm³/mol. The SMILES string of the molecule is Cc1c[nH]c2cc(C(=O)N(CC(=O)NCC3CCN(C(C)C)CC3)c3ccccc3)ccc12. The van der Waals surface area contributed by atoms with Crippen molar-refractivity contribution in [3.8, 4) is 0 Å². The highest BCUT2D eigenvalue weighted by atomic mass is 16.2. The van der Waals surface area contributed by atoms with E-state index in [2.05, 4.69) is 29.0 Å². The smallest absolute Gasteiger partial charge is 0.258 e. The lowest BCUT2D eigenvalue weighted by Gasteiger charge is -2.34. The lowest BCUT2D eigenvalue weighted by atomic mass is 9.96. The first-order valence-corrected chi connectivity index (χ1v) is 11.9. The number of para-hydroxylation sites is 1. The van der Waals surface area contributed by atoms with E-state index in [-0.39, 0.29) is 18.4 Å². The minimum atomic E-state index is -0.184. The van der Waals surface area contributed by atoms with Gasteiger partial charge in [0.1, 0.15) is 6.54 Å². The number of aryl methyl sites for hydroxylation is 1. The molecule has 6 heteroatoms. The third-order valence-electron chi connectivity index (χ3n) is 6.72. The second-order valence-corrected chi connectivity index (χ2v) is 9.34. The number of piperidine rings is 1. The molecule has 6 nitrogen and oxygen atoms in total. The van der Waals surface area contributed by atoms with Gasteiger partial charge in [0.2, 0.25) is 5.91 Å². The molecule has 0 bridgehead atoms. The molecule has 1 aliphatic rings. The van der Waals surface area contributed by atoms with Crippen molar-refractivity contribution in [2.45, 2.75) is 39.7 Å². The van der Waals surface area contributed by atoms with Crippen LogP contribution in [0, 0.1) is 12.8 Å². The number of hydrogen-bond donors (Lipinski definition) is 2. The third-order valence-corrected chi connectivity index (χ3v) is 6.72. The number of aromatic nitrogens is 1. The number of nitrogens with one attached hydrogen (secondary N) is 2. The monoisotopic (exact) mass is 446 g/mol. The van der Waals surface area contributed by atoms with E-state index < -0.39 is 0 Å². The number of fused-ring (bicyclic) bond motifs is 1. The Kier molecular flexibility index (Phi) is 7.14. The number of aromatic amines is 1. The average molecular weight is 447 g/mol. The number of amides is 2. The van der Waals surface area contributed by atoms with Crippen LogP contribution in [-0.4, -0.2) is 53.9 Å². The van der Waals surface area contributed by atoms with Gasteiger partial charge in [0.15, 0.2) is 0 Å². The number of likely N-dealkylation sites (tertiary alicyclic amines) is 1. The molecule has 0 spiro atoms. The standard InChI is InChI=1S/C27H34N4O2/c1-19(2)30-13-11-21(12-14-30)17-29-26(32)18-31(23-7-5-4-6-8-23)27(33)22-9-10-24-20(3)16-28-25(24)15-22/h4-10,15-16,19,21,28H,11-14,17-18H2,1-3H3,(H,29,32). The fraction of sp³-hybridized carbons (Fsp3) is 0.407. The Balaban J connectivity index is 1.43. The second-order valence-electron chi connectivity index (χ2n) is 9.34. The predicted octanol–water partition coefficient (Wildman–Crippen LogP) is 4.36. The fourth-order valence-corrected chi connectivity index (χ4v) is 4.58. The lowest BCUT2D eigenvalue weighted by Crippen LogP contribution is -2.44. The van der Waals surface area contributed by atoms with E-state index in [9.17, 15) is 9.59 Å². The van der Waals surface area contributed by atoms with Crippen LogP contribution >= 0.6 is 0 Å². The summed E-state index contributed by atoms with van der Waals surface area (Å²) in [6.45, 7) is 9.30. The molecule has 2 amide bonds. The van der Waals surface area contributed by atoms with Gasteiger partial charge in [-0.05, 0) is 82.4 Å². The molecule has 4 rings (SSSR count). The number of nitrogens with zero attached hydrogens (tertiary/aromatic N) is 2. The maximum atomic E-state index is 13.5. The van der Waals surface area contributed by atoms with Crippen molar-refractivity contribution in [3.05, 3.63) is 65.9 Å². The van der Waals surface area contributed by atoms with Crippen molar-refractivity contribution in [2.75, 3.05) is 31.1 Å². The van der Waals surface area contributed by atoms with Crippen LogP contribution in [0.1, 0.15) is 42.6 Å². The lowest BCUT2D eigenvalue weighted by molar-refractivity contribution is -0.120. The summed E-state index contributed by atoms with van der Waals surface area (Å²) in [4.78, 5) is 33.6. The van der Waals surface area contributed by atoms with Crippen molar-refractivity contribution in [1.29, 1.82) is 0 Å². The van der Waals surface area contributed by atoms with E-state index in [1.54, 1.807) is 4.90 Å². The summed E-state index contributed by atoms with van der Waals surface area (Å²) in [7, 11) is 0. The zero-order valence-electron chi connectivity index (χ0n) is 19.8. The average Bonchev–Trinajstić information content (AvgIpc) is 3.21. The highest BCUT2D eigenvalue weighted by molar-refractivity contribution is 6.10. The van der Waals surface area contributed by atoms with Gasteiger partial charge in [-0.15, -0.1) is 0 Å². The summed E-state index contributed by atoms with van der Waals surface area (Å²) in [5.74, 6) is 0.175. The Labute approximate surface area is 196 Å². The van der Waals surface area contributed by atoms with Crippen LogP contribution in [0.2, 0.25) is 0 Å². The highest BCUT2D eigenvalue weighted by Crippen LogP contribution is 2.22. The first-order chi connectivity index (χ1) is 15.9. The first kappa shape index (κ1) is 23.1. The number of carbonyl (C=O) groups excluding carboxylic acids is 2. The number of benzene rings is 2. The summed E-state index contributed by atoms with van der Waals surface area (Å²) in [5, 5.41) is 4.17. The van der Waals surface area contributed by atoms with Crippen LogP contribution in [0.3, 0.4) is 0 Å². The minimum Gasteiger partial charge on any atom is -0.361 e. The molecule has 3 aromatic rings. The first-order valence-electron chi connectivity index (χ1n) is 11.9. The molecule has 0 saturated carbocycles. The van der Waals surface area contributed by atoms with Gasteiger partial charge in [-0.1, -0.05) is 24.3 Å². The zero-order chi connectivity index (χ0) is 23.4. The van der Waals surface area contributed by atoms with E-state index >= 15 is 0 Å². The molecular weight excluding hydrogens is 412 g/mol. The van der Waals surface area contributed by atoms with Crippen LogP contribution in [-0.2, 0) is 4.79 Å². The fourth-order valence-electron chi connectivity index (χ4n) is 4.58. The Bertz CT molecular complexity index is 1100. The van der Waals surface area contributed by atoms with Gasteiger partial charge in [-0.25, -0.2) is 0 Å². The molecule has 2 aromatic carbocycles. The van der Waals surface area contributed by atoms with Crippen molar-refractivity contribution in [1.82, 2.24) is 15.2 Å². The van der Waals surface area contributed by atoms with E-state index in [4.69, 9.17) is 0 Å². The largest absolute Gasteiger partial charge is 0.361 e. The number of hydrogen-bond acceptors (Lipinski definition) is 3.